The number of nitrogens with zero attached hydrogens (tertiary/aromatic N) is 7. The molecule has 3 aliphatic rings. The number of carbonyl (C=O) groups excluding carboxylic acids is 2. The minimum atomic E-state index is -0.604. The fraction of sp³-hybridized carbons (Fsp3) is 0.615. The van der Waals surface area contributed by atoms with Crippen molar-refractivity contribution in [1.82, 2.24) is 29.5 Å². The van der Waals surface area contributed by atoms with Crippen molar-refractivity contribution in [3.63, 3.8) is 0 Å². The van der Waals surface area contributed by atoms with Gasteiger partial charge in [0.25, 0.3) is 0 Å². The number of aromatic nitrogens is 3. The predicted molar refractivity (Wildman–Crippen MR) is 144 cm³/mol. The number of rotatable bonds is 4. The Morgan fingerprint density at radius 3 is 2.57 bits per heavy atom. The van der Waals surface area contributed by atoms with Crippen molar-refractivity contribution in [2.45, 2.75) is 51.8 Å². The molecule has 0 aliphatic carbocycles. The number of carbonyl (C=O) groups is 2. The zero-order valence-corrected chi connectivity index (χ0v) is 23.0. The van der Waals surface area contributed by atoms with Gasteiger partial charge in [0.2, 0.25) is 5.91 Å². The molecule has 0 spiro atoms. The molecule has 0 aromatic carbocycles. The van der Waals surface area contributed by atoms with E-state index in [-0.39, 0.29) is 11.9 Å². The Morgan fingerprint density at radius 1 is 1.14 bits per heavy atom. The normalized spacial score (nSPS) is 23.1. The summed E-state index contributed by atoms with van der Waals surface area (Å²) in [5, 5.41) is 4.70. The number of thioether (sulfide) groups is 1. The Morgan fingerprint density at radius 2 is 1.92 bits per heavy atom. The zero-order valence-electron chi connectivity index (χ0n) is 22.2. The van der Waals surface area contributed by atoms with Crippen LogP contribution in [-0.4, -0.2) is 110 Å². The minimum Gasteiger partial charge on any atom is -0.444 e. The lowest BCUT2D eigenvalue weighted by atomic mass is 10.1. The molecule has 0 bridgehead atoms. The number of anilines is 1. The average molecular weight is 528 g/mol. The lowest BCUT2D eigenvalue weighted by molar-refractivity contribution is -0.134. The summed E-state index contributed by atoms with van der Waals surface area (Å²) < 4.78 is 7.66. The maximum Gasteiger partial charge on any atom is 0.411 e. The van der Waals surface area contributed by atoms with Crippen LogP contribution in [0.25, 0.3) is 5.69 Å². The molecule has 200 valence electrons. The van der Waals surface area contributed by atoms with Crippen molar-refractivity contribution in [3.8, 4) is 5.69 Å². The van der Waals surface area contributed by atoms with Crippen LogP contribution in [0.4, 0.5) is 10.6 Å². The second-order valence-corrected chi connectivity index (χ2v) is 12.0. The van der Waals surface area contributed by atoms with Crippen molar-refractivity contribution in [2.24, 2.45) is 0 Å². The van der Waals surface area contributed by atoms with Crippen molar-refractivity contribution in [2.75, 3.05) is 55.8 Å². The van der Waals surface area contributed by atoms with Crippen molar-refractivity contribution in [1.29, 1.82) is 0 Å². The molecule has 2 aromatic heterocycles. The Kier molecular flexibility index (Phi) is 7.35. The number of pyridine rings is 1. The molecule has 5 heterocycles. The highest BCUT2D eigenvalue weighted by Crippen LogP contribution is 2.29. The van der Waals surface area contributed by atoms with E-state index in [4.69, 9.17) is 9.84 Å². The summed E-state index contributed by atoms with van der Waals surface area (Å²) >= 11 is 1.76. The summed E-state index contributed by atoms with van der Waals surface area (Å²) in [6, 6.07) is 5.71. The largest absolute Gasteiger partial charge is 0.444 e. The number of hydrogen-bond acceptors (Lipinski definition) is 8. The van der Waals surface area contributed by atoms with Gasteiger partial charge in [0.05, 0.1) is 23.5 Å². The first-order valence-corrected chi connectivity index (χ1v) is 14.2. The summed E-state index contributed by atoms with van der Waals surface area (Å²) in [4.78, 5) is 39.1. The van der Waals surface area contributed by atoms with Crippen LogP contribution in [0.1, 0.15) is 32.9 Å². The summed E-state index contributed by atoms with van der Waals surface area (Å²) in [6.45, 7) is 12.2. The van der Waals surface area contributed by atoms with Gasteiger partial charge in [-0.3, -0.25) is 19.6 Å². The van der Waals surface area contributed by atoms with E-state index in [1.54, 1.807) is 22.9 Å². The molecule has 0 N–H and O–H groups in total. The molecule has 10 nitrogen and oxygen atoms in total. The summed E-state index contributed by atoms with van der Waals surface area (Å²) in [5.74, 6) is 2.76. The number of aryl methyl sites for hydroxylation is 1. The van der Waals surface area contributed by atoms with E-state index in [2.05, 4.69) is 20.9 Å². The van der Waals surface area contributed by atoms with E-state index in [0.717, 1.165) is 55.7 Å². The number of amides is 2. The summed E-state index contributed by atoms with van der Waals surface area (Å²) in [7, 11) is 0. The third kappa shape index (κ3) is 5.72. The Hall–Kier alpha value is -2.79. The highest BCUT2D eigenvalue weighted by Gasteiger charge is 2.45. The van der Waals surface area contributed by atoms with Gasteiger partial charge < -0.3 is 14.5 Å². The lowest BCUT2D eigenvalue weighted by Gasteiger charge is -2.38. The van der Waals surface area contributed by atoms with Gasteiger partial charge in [0, 0.05) is 63.3 Å². The first-order valence-electron chi connectivity index (χ1n) is 13.0. The first-order chi connectivity index (χ1) is 17.7. The maximum absolute atomic E-state index is 13.4. The molecule has 2 atom stereocenters. The smallest absolute Gasteiger partial charge is 0.411 e. The van der Waals surface area contributed by atoms with E-state index in [0.29, 0.717) is 18.8 Å². The van der Waals surface area contributed by atoms with E-state index in [1.165, 1.54) is 0 Å². The molecular weight excluding hydrogens is 490 g/mol. The van der Waals surface area contributed by atoms with Crippen molar-refractivity contribution >= 4 is 29.6 Å². The van der Waals surface area contributed by atoms with E-state index < -0.39 is 17.7 Å². The molecule has 3 saturated heterocycles. The van der Waals surface area contributed by atoms with Gasteiger partial charge in [0.15, 0.2) is 0 Å². The first kappa shape index (κ1) is 25.8. The predicted octanol–water partition coefficient (Wildman–Crippen LogP) is 2.61. The van der Waals surface area contributed by atoms with Crippen LogP contribution in [0, 0.1) is 6.92 Å². The molecule has 0 saturated carbocycles. The van der Waals surface area contributed by atoms with Gasteiger partial charge in [0.1, 0.15) is 17.5 Å². The topological polar surface area (TPSA) is 87.0 Å². The van der Waals surface area contributed by atoms with Crippen LogP contribution in [0.5, 0.6) is 0 Å². The second kappa shape index (κ2) is 10.5. The molecule has 0 radical (unpaired) electrons. The SMILES string of the molecule is Cc1cc(N2CCN([C@H]3C[C@@H](C(=O)N4CCSC4)N(C(=O)OC(C)(C)C)C3)CC2)n(-c2cccnc2)n1. The fourth-order valence-corrected chi connectivity index (χ4v) is 6.28. The van der Waals surface area contributed by atoms with Crippen LogP contribution >= 0.6 is 11.8 Å². The molecule has 2 amide bonds. The van der Waals surface area contributed by atoms with Crippen LogP contribution in [0.15, 0.2) is 30.6 Å². The third-order valence-corrected chi connectivity index (χ3v) is 8.08. The Labute approximate surface area is 222 Å². The van der Waals surface area contributed by atoms with Crippen LogP contribution < -0.4 is 4.90 Å². The van der Waals surface area contributed by atoms with Gasteiger partial charge in [-0.1, -0.05) is 0 Å². The summed E-state index contributed by atoms with van der Waals surface area (Å²) in [5.41, 5.74) is 1.30. The average Bonchev–Trinajstić information content (AvgIpc) is 3.63. The van der Waals surface area contributed by atoms with Gasteiger partial charge in [-0.2, -0.15) is 5.10 Å². The molecule has 5 rings (SSSR count). The number of ether oxygens (including phenoxy) is 1. The fourth-order valence-electron chi connectivity index (χ4n) is 5.33. The van der Waals surface area contributed by atoms with Gasteiger partial charge in [-0.25, -0.2) is 9.48 Å². The molecule has 11 heteroatoms. The quantitative estimate of drug-likeness (QED) is 0.600. The second-order valence-electron chi connectivity index (χ2n) is 11.0. The van der Waals surface area contributed by atoms with Crippen LogP contribution in [-0.2, 0) is 9.53 Å². The van der Waals surface area contributed by atoms with Crippen LogP contribution in [0.3, 0.4) is 0 Å². The monoisotopic (exact) mass is 527 g/mol. The molecule has 2 aromatic rings. The minimum absolute atomic E-state index is 0.0489. The Balaban J connectivity index is 1.27. The van der Waals surface area contributed by atoms with Gasteiger partial charge >= 0.3 is 6.09 Å². The molecule has 0 unspecified atom stereocenters. The third-order valence-electron chi connectivity index (χ3n) is 7.11. The zero-order chi connectivity index (χ0) is 26.2. The Bertz CT molecular complexity index is 1110. The van der Waals surface area contributed by atoms with Gasteiger partial charge in [-0.05, 0) is 46.2 Å². The van der Waals surface area contributed by atoms with E-state index in [9.17, 15) is 9.59 Å². The maximum atomic E-state index is 13.4. The molecule has 3 aliphatic heterocycles. The highest BCUT2D eigenvalue weighted by atomic mass is 32.2. The lowest BCUT2D eigenvalue weighted by Crippen LogP contribution is -2.51. The van der Waals surface area contributed by atoms with Crippen LogP contribution in [0.2, 0.25) is 0 Å². The van der Waals surface area contributed by atoms with Gasteiger partial charge in [-0.15, -0.1) is 11.8 Å². The molecular formula is C26H37N7O3S. The molecule has 37 heavy (non-hydrogen) atoms. The van der Waals surface area contributed by atoms with Crippen molar-refractivity contribution in [3.05, 3.63) is 36.3 Å². The van der Waals surface area contributed by atoms with Crippen molar-refractivity contribution < 1.29 is 14.3 Å². The highest BCUT2D eigenvalue weighted by molar-refractivity contribution is 7.99. The van der Waals surface area contributed by atoms with E-state index >= 15 is 0 Å². The molecule has 3 fully saturated rings. The number of likely N-dealkylation sites (tertiary alicyclic amines) is 1. The van der Waals surface area contributed by atoms with E-state index in [1.807, 2.05) is 55.6 Å². The standard InChI is InChI=1S/C26H37N7O3S/c1-19-14-23(33(28-19)20-6-5-7-27-16-20)30-10-8-29(9-11-30)21-15-22(24(34)31-12-13-37-18-31)32(17-21)25(35)36-26(2,3)4/h5-7,14,16,21-22H,8-13,15,17-18H2,1-4H3/t21-,22-/m0/s1. The summed E-state index contributed by atoms with van der Waals surface area (Å²) in [6.07, 6.45) is 3.84. The number of piperazine rings is 1. The number of hydrogen-bond donors (Lipinski definition) is 0.